The first-order valence-electron chi connectivity index (χ1n) is 7.56. The topological polar surface area (TPSA) is 75.4 Å². The molecule has 3 N–H and O–H groups in total. The second-order valence-corrected chi connectivity index (χ2v) is 6.65. The van der Waals surface area contributed by atoms with Crippen LogP contribution < -0.4 is 16.0 Å². The van der Waals surface area contributed by atoms with Crippen LogP contribution in [0.2, 0.25) is 0 Å². The van der Waals surface area contributed by atoms with Gasteiger partial charge in [0.05, 0.1) is 12.1 Å². The van der Waals surface area contributed by atoms with Crippen molar-refractivity contribution in [1.29, 1.82) is 0 Å². The predicted molar refractivity (Wildman–Crippen MR) is 93.2 cm³/mol. The van der Waals surface area contributed by atoms with Crippen LogP contribution in [0.5, 0.6) is 0 Å². The van der Waals surface area contributed by atoms with Gasteiger partial charge in [-0.2, -0.15) is 0 Å². The molecule has 3 rings (SSSR count). The number of hydrogen-bond donors (Lipinski definition) is 2. The Labute approximate surface area is 139 Å². The summed E-state index contributed by atoms with van der Waals surface area (Å²) in [5.41, 5.74) is 9.31. The van der Waals surface area contributed by atoms with Crippen molar-refractivity contribution in [3.8, 4) is 0 Å². The number of primary amides is 1. The van der Waals surface area contributed by atoms with Gasteiger partial charge in [-0.25, -0.2) is 0 Å². The fourth-order valence-corrected chi connectivity index (χ4v) is 3.72. The zero-order valence-electron chi connectivity index (χ0n) is 13.0. The van der Waals surface area contributed by atoms with E-state index in [1.54, 1.807) is 11.4 Å². The maximum absolute atomic E-state index is 12.3. The lowest BCUT2D eigenvalue weighted by molar-refractivity contribution is -0.115. The Bertz CT molecular complexity index is 754. The van der Waals surface area contributed by atoms with Gasteiger partial charge in [-0.05, 0) is 42.8 Å². The third kappa shape index (κ3) is 3.37. The van der Waals surface area contributed by atoms with Crippen molar-refractivity contribution in [2.45, 2.75) is 19.8 Å². The third-order valence-electron chi connectivity index (χ3n) is 3.97. The maximum atomic E-state index is 12.3. The molecule has 0 bridgehead atoms. The number of carbonyl (C=O) groups excluding carboxylic acids is 2. The lowest BCUT2D eigenvalue weighted by Crippen LogP contribution is -2.37. The van der Waals surface area contributed by atoms with Gasteiger partial charge < -0.3 is 16.0 Å². The van der Waals surface area contributed by atoms with E-state index in [1.165, 1.54) is 22.5 Å². The van der Waals surface area contributed by atoms with Gasteiger partial charge in [-0.3, -0.25) is 9.59 Å². The minimum absolute atomic E-state index is 0.136. The second kappa shape index (κ2) is 6.42. The summed E-state index contributed by atoms with van der Waals surface area (Å²) in [6.45, 7) is 3.21. The number of carbonyl (C=O) groups is 2. The Morgan fingerprint density at radius 2 is 2.17 bits per heavy atom. The molecule has 120 valence electrons. The van der Waals surface area contributed by atoms with E-state index in [9.17, 15) is 9.59 Å². The second-order valence-electron chi connectivity index (χ2n) is 5.73. The largest absolute Gasteiger partial charge is 0.366 e. The molecule has 1 aromatic carbocycles. The number of fused-ring (bicyclic) bond motifs is 1. The Morgan fingerprint density at radius 1 is 1.35 bits per heavy atom. The molecule has 0 aliphatic carbocycles. The minimum atomic E-state index is -0.527. The van der Waals surface area contributed by atoms with Crippen molar-refractivity contribution in [2.24, 2.45) is 5.73 Å². The minimum Gasteiger partial charge on any atom is -0.366 e. The third-order valence-corrected chi connectivity index (χ3v) is 4.80. The van der Waals surface area contributed by atoms with Crippen LogP contribution in [0.15, 0.2) is 29.6 Å². The number of amides is 2. The van der Waals surface area contributed by atoms with E-state index in [4.69, 9.17) is 5.73 Å². The Balaban J connectivity index is 1.72. The summed E-state index contributed by atoms with van der Waals surface area (Å²) in [5.74, 6) is -0.663. The van der Waals surface area contributed by atoms with Crippen molar-refractivity contribution >= 4 is 33.8 Å². The SMILES string of the molecule is Cc1ccc2c(c1)CCCN2CC(=O)Nc1sccc1C(N)=O. The molecule has 1 aromatic heterocycles. The zero-order valence-corrected chi connectivity index (χ0v) is 13.8. The molecule has 0 atom stereocenters. The summed E-state index contributed by atoms with van der Waals surface area (Å²) < 4.78 is 0. The molecular formula is C17H19N3O2S. The fraction of sp³-hybridized carbons (Fsp3) is 0.294. The van der Waals surface area contributed by atoms with Crippen LogP contribution in [0, 0.1) is 6.92 Å². The van der Waals surface area contributed by atoms with Gasteiger partial charge in [-0.15, -0.1) is 11.3 Å². The molecule has 2 amide bonds. The maximum Gasteiger partial charge on any atom is 0.251 e. The highest BCUT2D eigenvalue weighted by Gasteiger charge is 2.20. The molecule has 23 heavy (non-hydrogen) atoms. The summed E-state index contributed by atoms with van der Waals surface area (Å²) in [6, 6.07) is 7.96. The number of rotatable bonds is 4. The van der Waals surface area contributed by atoms with E-state index in [-0.39, 0.29) is 12.5 Å². The standard InChI is InChI=1S/C17H19N3O2S/c1-11-4-5-14-12(9-11)3-2-7-20(14)10-15(21)19-17-13(16(18)22)6-8-23-17/h4-6,8-9H,2-3,7,10H2,1H3,(H2,18,22)(H,19,21). The average molecular weight is 329 g/mol. The molecule has 0 radical (unpaired) electrons. The van der Waals surface area contributed by atoms with E-state index in [0.29, 0.717) is 10.6 Å². The van der Waals surface area contributed by atoms with Crippen LogP contribution in [0.4, 0.5) is 10.7 Å². The van der Waals surface area contributed by atoms with E-state index < -0.39 is 5.91 Å². The fourth-order valence-electron chi connectivity index (χ4n) is 2.91. The van der Waals surface area contributed by atoms with Crippen LogP contribution in [-0.4, -0.2) is 24.9 Å². The number of nitrogens with one attached hydrogen (secondary N) is 1. The van der Waals surface area contributed by atoms with Crippen molar-refractivity contribution < 1.29 is 9.59 Å². The van der Waals surface area contributed by atoms with E-state index in [2.05, 4.69) is 35.3 Å². The number of nitrogens with zero attached hydrogens (tertiary/aromatic N) is 1. The highest BCUT2D eigenvalue weighted by molar-refractivity contribution is 7.14. The summed E-state index contributed by atoms with van der Waals surface area (Å²) in [4.78, 5) is 25.7. The lowest BCUT2D eigenvalue weighted by Gasteiger charge is -2.31. The highest BCUT2D eigenvalue weighted by Crippen LogP contribution is 2.28. The van der Waals surface area contributed by atoms with Gasteiger partial charge in [0, 0.05) is 12.2 Å². The normalized spacial score (nSPS) is 13.5. The van der Waals surface area contributed by atoms with Gasteiger partial charge in [0.2, 0.25) is 5.91 Å². The number of nitrogens with two attached hydrogens (primary N) is 1. The number of anilines is 2. The first-order chi connectivity index (χ1) is 11.0. The first kappa shape index (κ1) is 15.6. The Hall–Kier alpha value is -2.34. The molecule has 0 fully saturated rings. The van der Waals surface area contributed by atoms with Gasteiger partial charge in [0.1, 0.15) is 5.00 Å². The number of hydrogen-bond acceptors (Lipinski definition) is 4. The van der Waals surface area contributed by atoms with Crippen LogP contribution in [0.3, 0.4) is 0 Å². The molecule has 0 saturated carbocycles. The Morgan fingerprint density at radius 3 is 2.96 bits per heavy atom. The number of aryl methyl sites for hydroxylation is 2. The molecule has 2 heterocycles. The van der Waals surface area contributed by atoms with Gasteiger partial charge in [-0.1, -0.05) is 17.7 Å². The first-order valence-corrected chi connectivity index (χ1v) is 8.44. The molecule has 2 aromatic rings. The molecule has 0 unspecified atom stereocenters. The van der Waals surface area contributed by atoms with Crippen LogP contribution in [0.1, 0.15) is 27.9 Å². The van der Waals surface area contributed by atoms with E-state index >= 15 is 0 Å². The van der Waals surface area contributed by atoms with Gasteiger partial charge in [0.15, 0.2) is 0 Å². The van der Waals surface area contributed by atoms with Crippen LogP contribution in [0.25, 0.3) is 0 Å². The smallest absolute Gasteiger partial charge is 0.251 e. The van der Waals surface area contributed by atoms with Gasteiger partial charge in [0.25, 0.3) is 5.91 Å². The van der Waals surface area contributed by atoms with Crippen LogP contribution in [-0.2, 0) is 11.2 Å². The number of benzene rings is 1. The van der Waals surface area contributed by atoms with Crippen molar-refractivity contribution in [3.05, 3.63) is 46.3 Å². The summed E-state index contributed by atoms with van der Waals surface area (Å²) in [6.07, 6.45) is 2.08. The van der Waals surface area contributed by atoms with Crippen molar-refractivity contribution in [2.75, 3.05) is 23.3 Å². The molecule has 0 spiro atoms. The lowest BCUT2D eigenvalue weighted by atomic mass is 9.99. The van der Waals surface area contributed by atoms with E-state index in [0.717, 1.165) is 25.1 Å². The van der Waals surface area contributed by atoms with Gasteiger partial charge >= 0.3 is 0 Å². The monoisotopic (exact) mass is 329 g/mol. The quantitative estimate of drug-likeness (QED) is 0.905. The average Bonchev–Trinajstić information content (AvgIpc) is 2.95. The molecular weight excluding hydrogens is 310 g/mol. The van der Waals surface area contributed by atoms with E-state index in [1.807, 2.05) is 0 Å². The summed E-state index contributed by atoms with van der Waals surface area (Å²) >= 11 is 1.30. The molecule has 5 nitrogen and oxygen atoms in total. The van der Waals surface area contributed by atoms with Crippen LogP contribution >= 0.6 is 11.3 Å². The molecule has 0 saturated heterocycles. The molecule has 1 aliphatic heterocycles. The van der Waals surface area contributed by atoms with Crippen molar-refractivity contribution in [3.63, 3.8) is 0 Å². The zero-order chi connectivity index (χ0) is 16.4. The molecule has 6 heteroatoms. The van der Waals surface area contributed by atoms with Crippen molar-refractivity contribution in [1.82, 2.24) is 0 Å². The summed E-state index contributed by atoms with van der Waals surface area (Å²) in [7, 11) is 0. The predicted octanol–water partition coefficient (Wildman–Crippen LogP) is 2.55. The molecule has 1 aliphatic rings. The number of thiophene rings is 1. The Kier molecular flexibility index (Phi) is 4.34. The summed E-state index contributed by atoms with van der Waals surface area (Å²) in [5, 5.41) is 5.06. The highest BCUT2D eigenvalue weighted by atomic mass is 32.1.